The molecule has 0 bridgehead atoms. The molecular formula is C16H16N2OS. The highest BCUT2D eigenvalue weighted by Gasteiger charge is 2.02. The van der Waals surface area contributed by atoms with Gasteiger partial charge < -0.3 is 9.30 Å². The van der Waals surface area contributed by atoms with Crippen LogP contribution < -0.4 is 4.74 Å². The van der Waals surface area contributed by atoms with Gasteiger partial charge in [-0.1, -0.05) is 12.1 Å². The third kappa shape index (κ3) is 2.65. The topological polar surface area (TPSA) is 27.1 Å². The number of fused-ring (bicyclic) bond motifs is 1. The van der Waals surface area contributed by atoms with E-state index in [0.717, 1.165) is 17.0 Å². The lowest BCUT2D eigenvalue weighted by Crippen LogP contribution is -1.85. The Balaban J connectivity index is 1.72. The lowest BCUT2D eigenvalue weighted by molar-refractivity contribution is 0.414. The van der Waals surface area contributed by atoms with Crippen LogP contribution in [0.2, 0.25) is 0 Å². The number of benzene rings is 2. The van der Waals surface area contributed by atoms with Gasteiger partial charge in [-0.15, -0.1) is 11.8 Å². The van der Waals surface area contributed by atoms with Gasteiger partial charge in [-0.3, -0.25) is 0 Å². The third-order valence-electron chi connectivity index (χ3n) is 3.26. The van der Waals surface area contributed by atoms with Gasteiger partial charge in [-0.25, -0.2) is 4.98 Å². The molecule has 3 aromatic rings. The number of rotatable bonds is 4. The smallest absolute Gasteiger partial charge is 0.118 e. The van der Waals surface area contributed by atoms with Crippen molar-refractivity contribution in [2.45, 2.75) is 10.6 Å². The molecule has 1 aromatic heterocycles. The predicted molar refractivity (Wildman–Crippen MR) is 83.3 cm³/mol. The lowest BCUT2D eigenvalue weighted by atomic mass is 10.2. The van der Waals surface area contributed by atoms with Crippen molar-refractivity contribution >= 4 is 22.8 Å². The third-order valence-corrected chi connectivity index (χ3v) is 4.33. The van der Waals surface area contributed by atoms with E-state index in [1.54, 1.807) is 7.11 Å². The van der Waals surface area contributed by atoms with Crippen LogP contribution in [-0.4, -0.2) is 16.7 Å². The molecular weight excluding hydrogens is 268 g/mol. The van der Waals surface area contributed by atoms with E-state index in [-0.39, 0.29) is 0 Å². The summed E-state index contributed by atoms with van der Waals surface area (Å²) in [6.45, 7) is 0. The first-order valence-corrected chi connectivity index (χ1v) is 7.41. The molecule has 0 saturated heterocycles. The van der Waals surface area contributed by atoms with Gasteiger partial charge in [0.15, 0.2) is 0 Å². The van der Waals surface area contributed by atoms with Crippen molar-refractivity contribution in [3.63, 3.8) is 0 Å². The number of hydrogen-bond donors (Lipinski definition) is 0. The lowest BCUT2D eigenvalue weighted by Gasteiger charge is -2.04. The molecule has 0 amide bonds. The Bertz CT molecular complexity index is 719. The molecule has 4 heteroatoms. The van der Waals surface area contributed by atoms with Crippen molar-refractivity contribution in [2.24, 2.45) is 7.05 Å². The van der Waals surface area contributed by atoms with Crippen molar-refractivity contribution in [1.29, 1.82) is 0 Å². The van der Waals surface area contributed by atoms with Gasteiger partial charge >= 0.3 is 0 Å². The number of thioether (sulfide) groups is 1. The van der Waals surface area contributed by atoms with E-state index in [2.05, 4.69) is 35.3 Å². The number of methoxy groups -OCH3 is 1. The predicted octanol–water partition coefficient (Wildman–Crippen LogP) is 3.87. The zero-order valence-corrected chi connectivity index (χ0v) is 12.4. The van der Waals surface area contributed by atoms with E-state index in [1.165, 1.54) is 16.0 Å². The summed E-state index contributed by atoms with van der Waals surface area (Å²) in [5, 5.41) is 0. The highest BCUT2D eigenvalue weighted by molar-refractivity contribution is 7.98. The van der Waals surface area contributed by atoms with Crippen molar-refractivity contribution in [2.75, 3.05) is 7.11 Å². The molecule has 0 saturated carbocycles. The van der Waals surface area contributed by atoms with Gasteiger partial charge in [0.2, 0.25) is 0 Å². The van der Waals surface area contributed by atoms with Crippen LogP contribution in [0.5, 0.6) is 5.75 Å². The number of aryl methyl sites for hydroxylation is 1. The van der Waals surface area contributed by atoms with Crippen LogP contribution in [-0.2, 0) is 12.8 Å². The van der Waals surface area contributed by atoms with E-state index >= 15 is 0 Å². The second-order valence-electron chi connectivity index (χ2n) is 4.64. The van der Waals surface area contributed by atoms with E-state index in [1.807, 2.05) is 41.8 Å². The minimum Gasteiger partial charge on any atom is -0.497 e. The zero-order valence-electron chi connectivity index (χ0n) is 11.5. The Labute approximate surface area is 122 Å². The first kappa shape index (κ1) is 13.1. The molecule has 102 valence electrons. The van der Waals surface area contributed by atoms with Gasteiger partial charge in [0.05, 0.1) is 24.5 Å². The first-order chi connectivity index (χ1) is 9.76. The maximum atomic E-state index is 5.17. The van der Waals surface area contributed by atoms with E-state index in [9.17, 15) is 0 Å². The fourth-order valence-electron chi connectivity index (χ4n) is 2.09. The van der Waals surface area contributed by atoms with Crippen LogP contribution in [0, 0.1) is 0 Å². The quantitative estimate of drug-likeness (QED) is 0.680. The molecule has 0 atom stereocenters. The highest BCUT2D eigenvalue weighted by atomic mass is 32.2. The van der Waals surface area contributed by atoms with Crippen molar-refractivity contribution in [3.05, 3.63) is 54.4 Å². The summed E-state index contributed by atoms with van der Waals surface area (Å²) in [6, 6.07) is 14.6. The molecule has 3 rings (SSSR count). The fraction of sp³-hybridized carbons (Fsp3) is 0.188. The minimum atomic E-state index is 0.897. The van der Waals surface area contributed by atoms with Gasteiger partial charge in [-0.05, 0) is 35.9 Å². The molecule has 0 aliphatic carbocycles. The van der Waals surface area contributed by atoms with Crippen molar-refractivity contribution < 1.29 is 4.74 Å². The Kier molecular flexibility index (Phi) is 3.65. The summed E-state index contributed by atoms with van der Waals surface area (Å²) in [5.74, 6) is 1.84. The van der Waals surface area contributed by atoms with E-state index in [0.29, 0.717) is 0 Å². The number of hydrogen-bond acceptors (Lipinski definition) is 3. The molecule has 0 radical (unpaired) electrons. The monoisotopic (exact) mass is 284 g/mol. The van der Waals surface area contributed by atoms with Crippen LogP contribution in [0.4, 0.5) is 0 Å². The van der Waals surface area contributed by atoms with Crippen LogP contribution >= 0.6 is 11.8 Å². The summed E-state index contributed by atoms with van der Waals surface area (Å²) >= 11 is 1.82. The second-order valence-corrected chi connectivity index (χ2v) is 5.69. The Morgan fingerprint density at radius 2 is 1.95 bits per heavy atom. The minimum absolute atomic E-state index is 0.897. The molecule has 20 heavy (non-hydrogen) atoms. The summed E-state index contributed by atoms with van der Waals surface area (Å²) < 4.78 is 7.20. The van der Waals surface area contributed by atoms with Gasteiger partial charge in [0.25, 0.3) is 0 Å². The number of ether oxygens (including phenoxy) is 1. The Hall–Kier alpha value is -1.94. The van der Waals surface area contributed by atoms with Crippen molar-refractivity contribution in [3.8, 4) is 5.75 Å². The highest BCUT2D eigenvalue weighted by Crippen LogP contribution is 2.26. The first-order valence-electron chi connectivity index (χ1n) is 6.43. The van der Waals surface area contributed by atoms with E-state index in [4.69, 9.17) is 4.74 Å². The summed E-state index contributed by atoms with van der Waals surface area (Å²) in [7, 11) is 3.70. The molecule has 3 nitrogen and oxygen atoms in total. The molecule has 0 N–H and O–H groups in total. The van der Waals surface area contributed by atoms with Crippen LogP contribution in [0.15, 0.2) is 53.7 Å². The summed E-state index contributed by atoms with van der Waals surface area (Å²) in [6.07, 6.45) is 1.85. The van der Waals surface area contributed by atoms with Crippen LogP contribution in [0.3, 0.4) is 0 Å². The van der Waals surface area contributed by atoms with E-state index < -0.39 is 0 Å². The molecule has 2 aromatic carbocycles. The molecule has 0 spiro atoms. The molecule has 0 aliphatic rings. The maximum Gasteiger partial charge on any atom is 0.118 e. The normalized spacial score (nSPS) is 10.9. The number of nitrogens with zero attached hydrogens (tertiary/aromatic N) is 2. The molecule has 0 unspecified atom stereocenters. The zero-order chi connectivity index (χ0) is 13.9. The van der Waals surface area contributed by atoms with Crippen LogP contribution in [0.1, 0.15) is 5.56 Å². The summed E-state index contributed by atoms with van der Waals surface area (Å²) in [4.78, 5) is 5.63. The Morgan fingerprint density at radius 3 is 2.70 bits per heavy atom. The summed E-state index contributed by atoms with van der Waals surface area (Å²) in [5.41, 5.74) is 3.50. The Morgan fingerprint density at radius 1 is 1.15 bits per heavy atom. The van der Waals surface area contributed by atoms with Gasteiger partial charge in [0, 0.05) is 17.7 Å². The molecule has 0 fully saturated rings. The van der Waals surface area contributed by atoms with Gasteiger partial charge in [0.1, 0.15) is 5.75 Å². The largest absolute Gasteiger partial charge is 0.497 e. The number of aromatic nitrogens is 2. The molecule has 0 aliphatic heterocycles. The standard InChI is InChI=1S/C16H16N2OS/c1-18-11-17-15-9-14(7-8-16(15)18)20-10-12-3-5-13(19-2)6-4-12/h3-9,11H,10H2,1-2H3. The molecule has 1 heterocycles. The van der Waals surface area contributed by atoms with Crippen LogP contribution in [0.25, 0.3) is 11.0 Å². The number of imidazole rings is 1. The van der Waals surface area contributed by atoms with Crippen molar-refractivity contribution in [1.82, 2.24) is 9.55 Å². The maximum absolute atomic E-state index is 5.17. The SMILES string of the molecule is COc1ccc(CSc2ccc3c(c2)ncn3C)cc1. The second kappa shape index (κ2) is 5.59. The van der Waals surface area contributed by atoms with Gasteiger partial charge in [-0.2, -0.15) is 0 Å². The fourth-order valence-corrected chi connectivity index (χ4v) is 2.98. The average Bonchev–Trinajstić information content (AvgIpc) is 2.87. The average molecular weight is 284 g/mol.